The number of aliphatic carboxylic acids is 1. The molecule has 0 aromatic heterocycles. The Labute approximate surface area is 98.6 Å². The van der Waals surface area contributed by atoms with Crippen molar-refractivity contribution in [2.75, 3.05) is 0 Å². The largest absolute Gasteiger partial charge is 2.00 e. The Morgan fingerprint density at radius 2 is 1.80 bits per heavy atom. The van der Waals surface area contributed by atoms with Crippen molar-refractivity contribution in [3.63, 3.8) is 0 Å². The van der Waals surface area contributed by atoms with Crippen LogP contribution in [0.1, 0.15) is 6.92 Å². The van der Waals surface area contributed by atoms with Gasteiger partial charge in [-0.3, -0.25) is 9.35 Å². The molecule has 0 aliphatic rings. The van der Waals surface area contributed by atoms with E-state index >= 15 is 0 Å². The van der Waals surface area contributed by atoms with E-state index in [4.69, 9.17) is 9.66 Å². The monoisotopic (exact) mass is 292 g/mol. The fraction of sp³-hybridized carbons (Fsp3) is 0.667. The van der Waals surface area contributed by atoms with Crippen molar-refractivity contribution in [1.82, 2.24) is 0 Å². The Balaban J connectivity index is 0. The van der Waals surface area contributed by atoms with E-state index in [-0.39, 0.29) is 48.9 Å². The van der Waals surface area contributed by atoms with Gasteiger partial charge in [0.25, 0.3) is 10.1 Å². The summed E-state index contributed by atoms with van der Waals surface area (Å²) in [5, 5.41) is 6.24. The number of carboxylic acids is 1. The zero-order chi connectivity index (χ0) is 7.65. The first kappa shape index (κ1) is 13.5. The molecule has 0 aromatic rings. The minimum absolute atomic E-state index is 0. The van der Waals surface area contributed by atoms with Crippen molar-refractivity contribution >= 4 is 65.0 Å². The molecule has 0 saturated carbocycles. The predicted octanol–water partition coefficient (Wildman–Crippen LogP) is -1.03. The standard InChI is InChI=1S/C3H6O5S.Ba/c1-2(3(4)5)9(6,7)8;/h2H,1H3,(H,4,5)(H,6,7,8);/q;+2. The van der Waals surface area contributed by atoms with Crippen LogP contribution in [0.2, 0.25) is 0 Å². The van der Waals surface area contributed by atoms with Crippen LogP contribution in [0.3, 0.4) is 0 Å². The van der Waals surface area contributed by atoms with Crippen LogP contribution in [0.25, 0.3) is 0 Å². The first-order chi connectivity index (χ1) is 3.85. The van der Waals surface area contributed by atoms with Gasteiger partial charge in [0.2, 0.25) is 0 Å². The number of carbonyl (C=O) groups is 1. The normalized spacial score (nSPS) is 13.4. The van der Waals surface area contributed by atoms with Crippen molar-refractivity contribution in [3.05, 3.63) is 0 Å². The van der Waals surface area contributed by atoms with E-state index in [9.17, 15) is 13.2 Å². The third kappa shape index (κ3) is 4.72. The van der Waals surface area contributed by atoms with Crippen LogP contribution >= 0.6 is 0 Å². The van der Waals surface area contributed by atoms with Crippen molar-refractivity contribution in [2.45, 2.75) is 12.2 Å². The van der Waals surface area contributed by atoms with Gasteiger partial charge in [0.1, 0.15) is 0 Å². The average Bonchev–Trinajstić information content (AvgIpc) is 1.62. The Morgan fingerprint density at radius 1 is 1.50 bits per heavy atom. The molecule has 0 saturated heterocycles. The molecule has 1 atom stereocenters. The minimum atomic E-state index is -4.40. The third-order valence-electron chi connectivity index (χ3n) is 0.795. The minimum Gasteiger partial charge on any atom is -0.480 e. The Hall–Kier alpha value is 0.951. The second-order valence-corrected chi connectivity index (χ2v) is 3.23. The summed E-state index contributed by atoms with van der Waals surface area (Å²) in [5.74, 6) is -1.56. The molecular weight excluding hydrogens is 285 g/mol. The quantitative estimate of drug-likeness (QED) is 0.501. The van der Waals surface area contributed by atoms with E-state index in [1.54, 1.807) is 0 Å². The van der Waals surface area contributed by atoms with Crippen LogP contribution < -0.4 is 0 Å². The molecule has 0 aliphatic heterocycles. The van der Waals surface area contributed by atoms with Gasteiger partial charge in [0, 0.05) is 0 Å². The Bertz CT molecular complexity index is 207. The van der Waals surface area contributed by atoms with E-state index in [1.165, 1.54) is 0 Å². The molecule has 0 aromatic carbocycles. The van der Waals surface area contributed by atoms with Crippen LogP contribution in [0.15, 0.2) is 0 Å². The molecule has 5 nitrogen and oxygen atoms in total. The summed E-state index contributed by atoms with van der Waals surface area (Å²) in [6, 6.07) is 0. The molecule has 7 heteroatoms. The summed E-state index contributed by atoms with van der Waals surface area (Å²) in [5.41, 5.74) is 0. The summed E-state index contributed by atoms with van der Waals surface area (Å²) < 4.78 is 27.9. The molecule has 0 spiro atoms. The molecule has 2 N–H and O–H groups in total. The summed E-state index contributed by atoms with van der Waals surface area (Å²) in [7, 11) is -4.40. The van der Waals surface area contributed by atoms with Gasteiger partial charge in [-0.1, -0.05) is 0 Å². The first-order valence-corrected chi connectivity index (χ1v) is 3.55. The summed E-state index contributed by atoms with van der Waals surface area (Å²) >= 11 is 0. The van der Waals surface area contributed by atoms with Gasteiger partial charge in [-0.2, -0.15) is 8.42 Å². The van der Waals surface area contributed by atoms with Crippen molar-refractivity contribution in [3.8, 4) is 0 Å². The number of hydrogen-bond donors (Lipinski definition) is 2. The smallest absolute Gasteiger partial charge is 0.480 e. The van der Waals surface area contributed by atoms with Gasteiger partial charge in [0.15, 0.2) is 5.25 Å². The fourth-order valence-corrected chi connectivity index (χ4v) is 0.382. The maximum Gasteiger partial charge on any atom is 2.00 e. The number of rotatable bonds is 2. The molecule has 10 heavy (non-hydrogen) atoms. The van der Waals surface area contributed by atoms with Crippen LogP contribution in [-0.4, -0.2) is 78.2 Å². The Morgan fingerprint density at radius 3 is 1.80 bits per heavy atom. The number of hydrogen-bond acceptors (Lipinski definition) is 3. The molecule has 0 aliphatic carbocycles. The second-order valence-electron chi connectivity index (χ2n) is 1.50. The van der Waals surface area contributed by atoms with E-state index in [2.05, 4.69) is 0 Å². The summed E-state index contributed by atoms with van der Waals surface area (Å²) in [4.78, 5) is 9.81. The molecule has 0 rings (SSSR count). The average molecular weight is 291 g/mol. The number of carboxylic acid groups (broad SMARTS) is 1. The van der Waals surface area contributed by atoms with Gasteiger partial charge in [0.05, 0.1) is 0 Å². The van der Waals surface area contributed by atoms with Crippen LogP contribution in [0.5, 0.6) is 0 Å². The van der Waals surface area contributed by atoms with E-state index < -0.39 is 21.3 Å². The summed E-state index contributed by atoms with van der Waals surface area (Å²) in [6.45, 7) is 0.887. The Kier molecular flexibility index (Phi) is 6.43. The molecular formula is C3H6BaO5S+2. The van der Waals surface area contributed by atoms with E-state index in [0.717, 1.165) is 6.92 Å². The van der Waals surface area contributed by atoms with Gasteiger partial charge >= 0.3 is 54.9 Å². The van der Waals surface area contributed by atoms with E-state index in [0.29, 0.717) is 0 Å². The fourth-order valence-electron chi connectivity index (χ4n) is 0.127. The van der Waals surface area contributed by atoms with Crippen molar-refractivity contribution < 1.29 is 22.9 Å². The maximum absolute atomic E-state index is 9.95. The van der Waals surface area contributed by atoms with Gasteiger partial charge in [-0.05, 0) is 6.92 Å². The third-order valence-corrected chi connectivity index (χ3v) is 1.89. The molecule has 0 heterocycles. The van der Waals surface area contributed by atoms with Gasteiger partial charge in [-0.15, -0.1) is 0 Å². The van der Waals surface area contributed by atoms with Crippen LogP contribution in [0, 0.1) is 0 Å². The van der Waals surface area contributed by atoms with Gasteiger partial charge in [-0.25, -0.2) is 0 Å². The zero-order valence-electron chi connectivity index (χ0n) is 5.31. The first-order valence-electron chi connectivity index (χ1n) is 2.05. The SMILES string of the molecule is CC(C(=O)O)S(=O)(=O)O.[Ba+2]. The van der Waals surface area contributed by atoms with Gasteiger partial charge < -0.3 is 5.11 Å². The summed E-state index contributed by atoms with van der Waals surface area (Å²) in [6.07, 6.45) is 0. The molecule has 1 unspecified atom stereocenters. The van der Waals surface area contributed by atoms with Crippen molar-refractivity contribution in [1.29, 1.82) is 0 Å². The molecule has 0 fully saturated rings. The zero-order valence-corrected chi connectivity index (χ0v) is 10.6. The maximum atomic E-state index is 9.95. The molecule has 0 bridgehead atoms. The van der Waals surface area contributed by atoms with Crippen molar-refractivity contribution in [2.24, 2.45) is 0 Å². The predicted molar refractivity (Wildman–Crippen MR) is 34.4 cm³/mol. The molecule has 0 amide bonds. The topological polar surface area (TPSA) is 91.7 Å². The second kappa shape index (κ2) is 4.75. The molecule has 54 valence electrons. The van der Waals surface area contributed by atoms with E-state index in [1.807, 2.05) is 0 Å². The van der Waals surface area contributed by atoms with Crippen LogP contribution in [-0.2, 0) is 14.9 Å². The molecule has 0 radical (unpaired) electrons. The van der Waals surface area contributed by atoms with Crippen LogP contribution in [0.4, 0.5) is 0 Å².